The molecular formula is C48H32N4OS. The van der Waals surface area contributed by atoms with Crippen LogP contribution in [0.15, 0.2) is 162 Å². The summed E-state index contributed by atoms with van der Waals surface area (Å²) < 4.78 is 8.89. The van der Waals surface area contributed by atoms with E-state index in [0.29, 0.717) is 17.6 Å². The Balaban J connectivity index is 1.22. The fourth-order valence-corrected chi connectivity index (χ4v) is 9.54. The van der Waals surface area contributed by atoms with Gasteiger partial charge in [-0.25, -0.2) is 4.98 Å². The van der Waals surface area contributed by atoms with Crippen molar-refractivity contribution in [3.63, 3.8) is 0 Å². The van der Waals surface area contributed by atoms with Gasteiger partial charge in [-0.1, -0.05) is 135 Å². The van der Waals surface area contributed by atoms with Gasteiger partial charge >= 0.3 is 0 Å². The maximum absolute atomic E-state index is 6.44. The summed E-state index contributed by atoms with van der Waals surface area (Å²) in [5, 5.41) is 4.53. The quantitative estimate of drug-likeness (QED) is 0.178. The summed E-state index contributed by atoms with van der Waals surface area (Å²) in [6.07, 6.45) is 0. The maximum atomic E-state index is 6.44. The van der Waals surface area contributed by atoms with Crippen LogP contribution in [0, 0.1) is 0 Å². The minimum absolute atomic E-state index is 0.163. The molecule has 1 aliphatic rings. The van der Waals surface area contributed by atoms with Crippen LogP contribution in [0.25, 0.3) is 76.0 Å². The van der Waals surface area contributed by atoms with Gasteiger partial charge in [0.1, 0.15) is 11.2 Å². The second-order valence-corrected chi connectivity index (χ2v) is 15.5. The van der Waals surface area contributed by atoms with Crippen molar-refractivity contribution in [1.29, 1.82) is 0 Å². The van der Waals surface area contributed by atoms with Crippen molar-refractivity contribution in [2.45, 2.75) is 19.3 Å². The van der Waals surface area contributed by atoms with Gasteiger partial charge in [-0.05, 0) is 58.7 Å². The molecule has 0 saturated heterocycles. The van der Waals surface area contributed by atoms with Crippen LogP contribution in [0.3, 0.4) is 0 Å². The number of fused-ring (bicyclic) bond motifs is 9. The molecule has 0 amide bonds. The SMILES string of the molecule is CC1(C)c2ccccc2-c2c(-c3nc(-c4ccccc4)nc(N(c4ccc5c(c4)sc4ccccc45)c4cccc5oc6ccccc6c45)n3)cccc21. The highest BCUT2D eigenvalue weighted by atomic mass is 32.1. The van der Waals surface area contributed by atoms with Gasteiger partial charge < -0.3 is 4.42 Å². The molecule has 0 atom stereocenters. The van der Waals surface area contributed by atoms with Crippen LogP contribution in [-0.2, 0) is 5.41 Å². The molecule has 0 spiro atoms. The smallest absolute Gasteiger partial charge is 0.238 e. The number of nitrogens with zero attached hydrogens (tertiary/aromatic N) is 4. The Morgan fingerprint density at radius 2 is 1.22 bits per heavy atom. The summed E-state index contributed by atoms with van der Waals surface area (Å²) >= 11 is 1.80. The highest BCUT2D eigenvalue weighted by Gasteiger charge is 2.37. The Morgan fingerprint density at radius 1 is 0.537 bits per heavy atom. The van der Waals surface area contributed by atoms with Crippen molar-refractivity contribution in [2.24, 2.45) is 0 Å². The van der Waals surface area contributed by atoms with Crippen LogP contribution in [-0.4, -0.2) is 15.0 Å². The zero-order chi connectivity index (χ0) is 36.0. The average Bonchev–Trinajstić information content (AvgIpc) is 3.86. The van der Waals surface area contributed by atoms with Gasteiger partial charge in [0.2, 0.25) is 5.95 Å². The van der Waals surface area contributed by atoms with Crippen LogP contribution in [0.2, 0.25) is 0 Å². The molecule has 10 aromatic rings. The standard InChI is InChI=1S/C48H32N4OS/c1-48(2)36-20-9-6-17-33(36)43-35(19-12-21-37(43)48)46-49-45(29-14-4-3-5-15-29)50-47(51-46)52(30-26-27-32-31-16-8-11-25-41(31)54-42(32)28-30)38-22-13-24-40-44(38)34-18-7-10-23-39(34)53-40/h3-28H,1-2H3. The third-order valence-corrected chi connectivity index (χ3v) is 12.1. The fraction of sp³-hybridized carbons (Fsp3) is 0.0625. The van der Waals surface area contributed by atoms with Gasteiger partial charge in [0.25, 0.3) is 0 Å². The van der Waals surface area contributed by atoms with E-state index in [-0.39, 0.29) is 5.41 Å². The second-order valence-electron chi connectivity index (χ2n) is 14.4. The molecule has 0 unspecified atom stereocenters. The second kappa shape index (κ2) is 11.7. The molecule has 6 heteroatoms. The molecule has 3 aromatic heterocycles. The lowest BCUT2D eigenvalue weighted by molar-refractivity contribution is 0.660. The average molecular weight is 713 g/mol. The van der Waals surface area contributed by atoms with E-state index < -0.39 is 0 Å². The summed E-state index contributed by atoms with van der Waals surface area (Å²) in [4.78, 5) is 18.2. The van der Waals surface area contributed by atoms with Gasteiger partial charge in [0.15, 0.2) is 11.6 Å². The van der Waals surface area contributed by atoms with Crippen LogP contribution < -0.4 is 4.90 Å². The topological polar surface area (TPSA) is 55.1 Å². The molecule has 1 aliphatic carbocycles. The van der Waals surface area contributed by atoms with Gasteiger partial charge in [-0.2, -0.15) is 9.97 Å². The van der Waals surface area contributed by atoms with Crippen molar-refractivity contribution in [2.75, 3.05) is 4.90 Å². The Labute approximate surface area is 315 Å². The number of benzene rings is 7. The van der Waals surface area contributed by atoms with Gasteiger partial charge in [0.05, 0.1) is 16.8 Å². The molecule has 0 radical (unpaired) electrons. The Morgan fingerprint density at radius 3 is 2.13 bits per heavy atom. The third kappa shape index (κ3) is 4.60. The predicted molar refractivity (Wildman–Crippen MR) is 223 cm³/mol. The molecule has 11 rings (SSSR count). The van der Waals surface area contributed by atoms with E-state index in [9.17, 15) is 0 Å². The van der Waals surface area contributed by atoms with Gasteiger partial charge in [0, 0.05) is 42.1 Å². The van der Waals surface area contributed by atoms with Crippen LogP contribution in [0.1, 0.15) is 25.0 Å². The van der Waals surface area contributed by atoms with E-state index >= 15 is 0 Å². The summed E-state index contributed by atoms with van der Waals surface area (Å²) in [7, 11) is 0. The van der Waals surface area contributed by atoms with Crippen molar-refractivity contribution < 1.29 is 4.42 Å². The number of anilines is 3. The van der Waals surface area contributed by atoms with E-state index in [1.165, 1.54) is 42.4 Å². The first-order valence-electron chi connectivity index (χ1n) is 18.2. The first-order chi connectivity index (χ1) is 26.5. The third-order valence-electron chi connectivity index (χ3n) is 10.9. The number of thiophene rings is 1. The van der Waals surface area contributed by atoms with Crippen molar-refractivity contribution >= 4 is 70.8 Å². The zero-order valence-electron chi connectivity index (χ0n) is 29.6. The molecule has 256 valence electrons. The van der Waals surface area contributed by atoms with Crippen LogP contribution >= 0.6 is 11.3 Å². The Hall–Kier alpha value is -6.63. The number of hydrogen-bond donors (Lipinski definition) is 0. The molecule has 0 bridgehead atoms. The van der Waals surface area contributed by atoms with Crippen LogP contribution in [0.4, 0.5) is 17.3 Å². The largest absolute Gasteiger partial charge is 0.456 e. The van der Waals surface area contributed by atoms with E-state index in [1.54, 1.807) is 11.3 Å². The molecule has 5 nitrogen and oxygen atoms in total. The normalized spacial score (nSPS) is 13.1. The molecule has 3 heterocycles. The van der Waals surface area contributed by atoms with Crippen molar-refractivity contribution in [1.82, 2.24) is 15.0 Å². The first-order valence-corrected chi connectivity index (χ1v) is 19.0. The molecule has 7 aromatic carbocycles. The van der Waals surface area contributed by atoms with E-state index in [4.69, 9.17) is 19.4 Å². The summed E-state index contributed by atoms with van der Waals surface area (Å²) in [6, 6.07) is 55.2. The number of para-hydroxylation sites is 1. The minimum Gasteiger partial charge on any atom is -0.456 e. The Bertz CT molecular complexity index is 3110. The summed E-state index contributed by atoms with van der Waals surface area (Å²) in [5.41, 5.74) is 10.2. The van der Waals surface area contributed by atoms with Gasteiger partial charge in [-0.3, -0.25) is 4.90 Å². The van der Waals surface area contributed by atoms with E-state index in [1.807, 2.05) is 42.5 Å². The minimum atomic E-state index is -0.163. The zero-order valence-corrected chi connectivity index (χ0v) is 30.4. The van der Waals surface area contributed by atoms with E-state index in [2.05, 4.69) is 134 Å². The molecule has 54 heavy (non-hydrogen) atoms. The monoisotopic (exact) mass is 712 g/mol. The fourth-order valence-electron chi connectivity index (χ4n) is 8.40. The van der Waals surface area contributed by atoms with Crippen LogP contribution in [0.5, 0.6) is 0 Å². The van der Waals surface area contributed by atoms with Gasteiger partial charge in [-0.15, -0.1) is 11.3 Å². The number of rotatable bonds is 5. The van der Waals surface area contributed by atoms with Crippen molar-refractivity contribution in [3.05, 3.63) is 169 Å². The lowest BCUT2D eigenvalue weighted by atomic mass is 9.82. The van der Waals surface area contributed by atoms with Crippen molar-refractivity contribution in [3.8, 4) is 33.9 Å². The number of aromatic nitrogens is 3. The predicted octanol–water partition coefficient (Wildman–Crippen LogP) is 13.2. The molecule has 0 saturated carbocycles. The highest BCUT2D eigenvalue weighted by Crippen LogP contribution is 2.52. The number of furan rings is 1. The molecule has 0 fully saturated rings. The summed E-state index contributed by atoms with van der Waals surface area (Å²) in [5.74, 6) is 1.76. The maximum Gasteiger partial charge on any atom is 0.238 e. The molecule has 0 N–H and O–H groups in total. The lowest BCUT2D eigenvalue weighted by Crippen LogP contribution is -2.16. The number of hydrogen-bond acceptors (Lipinski definition) is 6. The highest BCUT2D eigenvalue weighted by molar-refractivity contribution is 7.25. The summed E-state index contributed by atoms with van der Waals surface area (Å²) in [6.45, 7) is 4.61. The van der Waals surface area contributed by atoms with E-state index in [0.717, 1.165) is 44.4 Å². The first kappa shape index (κ1) is 30.9. The lowest BCUT2D eigenvalue weighted by Gasteiger charge is -2.25. The molecular weight excluding hydrogens is 681 g/mol. The molecule has 0 aliphatic heterocycles. The Kier molecular flexibility index (Phi) is 6.70.